The summed E-state index contributed by atoms with van der Waals surface area (Å²) < 4.78 is 5.70. The Morgan fingerprint density at radius 3 is 2.19 bits per heavy atom. The summed E-state index contributed by atoms with van der Waals surface area (Å²) in [5.41, 5.74) is 1.41. The van der Waals surface area contributed by atoms with Gasteiger partial charge in [0, 0.05) is 37.8 Å². The number of guanidine groups is 1. The summed E-state index contributed by atoms with van der Waals surface area (Å²) in [6, 6.07) is 7.54. The van der Waals surface area contributed by atoms with Crippen LogP contribution in [0.5, 0.6) is 0 Å². The third-order valence-electron chi connectivity index (χ3n) is 4.52. The molecule has 9 heteroatoms. The molecule has 174 valence electrons. The first kappa shape index (κ1) is 27.2. The molecular weight excluding hydrogens is 509 g/mol. The van der Waals surface area contributed by atoms with E-state index in [4.69, 9.17) is 4.74 Å². The summed E-state index contributed by atoms with van der Waals surface area (Å²) in [6.45, 7) is 11.7. The number of rotatable bonds is 5. The van der Waals surface area contributed by atoms with Crippen LogP contribution in [0.15, 0.2) is 29.3 Å². The Morgan fingerprint density at radius 2 is 1.68 bits per heavy atom. The van der Waals surface area contributed by atoms with E-state index in [1.165, 1.54) is 0 Å². The Kier molecular flexibility index (Phi) is 10.7. The van der Waals surface area contributed by atoms with Crippen LogP contribution in [0.4, 0.5) is 0 Å². The molecule has 1 fully saturated rings. The van der Waals surface area contributed by atoms with Gasteiger partial charge in [-0.05, 0) is 52.3 Å². The maximum atomic E-state index is 12.8. The van der Waals surface area contributed by atoms with Crippen LogP contribution >= 0.6 is 24.0 Å². The number of nitrogens with zero attached hydrogens (tertiary/aromatic N) is 2. The molecule has 2 rings (SSSR count). The van der Waals surface area contributed by atoms with Crippen LogP contribution in [-0.4, -0.2) is 67.1 Å². The molecule has 1 heterocycles. The molecule has 1 aliphatic heterocycles. The van der Waals surface area contributed by atoms with Gasteiger partial charge in [0.2, 0.25) is 5.91 Å². The van der Waals surface area contributed by atoms with E-state index in [1.807, 2.05) is 63.8 Å². The van der Waals surface area contributed by atoms with Crippen molar-refractivity contribution in [3.63, 3.8) is 0 Å². The number of hydrogen-bond donors (Lipinski definition) is 3. The van der Waals surface area contributed by atoms with Gasteiger partial charge in [-0.2, -0.15) is 0 Å². The highest BCUT2D eigenvalue weighted by Gasteiger charge is 2.26. The lowest BCUT2D eigenvalue weighted by Crippen LogP contribution is -2.48. The molecule has 0 spiro atoms. The topological polar surface area (TPSA) is 95.1 Å². The van der Waals surface area contributed by atoms with Crippen molar-refractivity contribution in [1.82, 2.24) is 20.9 Å². The third-order valence-corrected chi connectivity index (χ3v) is 4.52. The molecule has 0 saturated carbocycles. The number of carbonyl (C=O) groups is 2. The molecule has 1 aliphatic rings. The number of hydrogen-bond acceptors (Lipinski definition) is 4. The first-order valence-electron chi connectivity index (χ1n) is 10.4. The second-order valence-electron chi connectivity index (χ2n) is 8.74. The molecule has 0 aliphatic carbocycles. The highest BCUT2D eigenvalue weighted by molar-refractivity contribution is 14.0. The van der Waals surface area contributed by atoms with E-state index in [9.17, 15) is 9.59 Å². The van der Waals surface area contributed by atoms with E-state index in [2.05, 4.69) is 20.9 Å². The highest BCUT2D eigenvalue weighted by atomic mass is 127. The fourth-order valence-electron chi connectivity index (χ4n) is 3.32. The Bertz CT molecular complexity index is 751. The molecule has 0 aromatic heterocycles. The second kappa shape index (κ2) is 12.2. The van der Waals surface area contributed by atoms with Crippen molar-refractivity contribution in [1.29, 1.82) is 0 Å². The lowest BCUT2D eigenvalue weighted by molar-refractivity contribution is -0.121. The average molecular weight is 545 g/mol. The van der Waals surface area contributed by atoms with Crippen molar-refractivity contribution in [3.05, 3.63) is 35.4 Å². The van der Waals surface area contributed by atoms with E-state index >= 15 is 0 Å². The molecule has 0 bridgehead atoms. The van der Waals surface area contributed by atoms with E-state index in [0.29, 0.717) is 31.2 Å². The minimum absolute atomic E-state index is 0. The van der Waals surface area contributed by atoms with Crippen LogP contribution in [0.1, 0.15) is 50.5 Å². The van der Waals surface area contributed by atoms with Crippen LogP contribution in [0, 0.1) is 0 Å². The van der Waals surface area contributed by atoms with Crippen molar-refractivity contribution in [2.75, 3.05) is 26.7 Å². The lowest BCUT2D eigenvalue weighted by Gasteiger charge is -2.35. The van der Waals surface area contributed by atoms with E-state index in [0.717, 1.165) is 5.56 Å². The van der Waals surface area contributed by atoms with Crippen molar-refractivity contribution < 1.29 is 14.3 Å². The maximum absolute atomic E-state index is 12.8. The fraction of sp³-hybridized carbons (Fsp3) is 0.591. The molecule has 1 aromatic carbocycles. The molecule has 31 heavy (non-hydrogen) atoms. The van der Waals surface area contributed by atoms with Gasteiger partial charge in [-0.15, -0.1) is 24.0 Å². The molecule has 2 atom stereocenters. The number of amides is 2. The van der Waals surface area contributed by atoms with E-state index in [-0.39, 0.29) is 60.1 Å². The van der Waals surface area contributed by atoms with Crippen molar-refractivity contribution in [3.8, 4) is 0 Å². The maximum Gasteiger partial charge on any atom is 0.254 e. The summed E-state index contributed by atoms with van der Waals surface area (Å²) in [5, 5.41) is 9.07. The van der Waals surface area contributed by atoms with Crippen molar-refractivity contribution in [2.24, 2.45) is 4.99 Å². The number of ether oxygens (including phenoxy) is 1. The first-order valence-corrected chi connectivity index (χ1v) is 10.4. The van der Waals surface area contributed by atoms with Gasteiger partial charge in [-0.3, -0.25) is 14.6 Å². The zero-order valence-corrected chi connectivity index (χ0v) is 21.7. The molecule has 1 saturated heterocycles. The summed E-state index contributed by atoms with van der Waals surface area (Å²) in [5.74, 6) is 0.467. The standard InChI is InChI=1S/C22H35N5O3.HI/c1-15-13-27(14-16(2)30-15)20(29)18-9-7-17(8-10-18)11-24-21(23-6)25-12-19(28)26-22(3,4)5;/h7-10,15-16H,11-14H2,1-6H3,(H,26,28)(H2,23,24,25);1H. The lowest BCUT2D eigenvalue weighted by atomic mass is 10.1. The molecule has 1 aromatic rings. The first-order chi connectivity index (χ1) is 14.1. The average Bonchev–Trinajstić information content (AvgIpc) is 2.66. The van der Waals surface area contributed by atoms with Crippen LogP contribution in [0.25, 0.3) is 0 Å². The van der Waals surface area contributed by atoms with Gasteiger partial charge in [0.25, 0.3) is 5.91 Å². The largest absolute Gasteiger partial charge is 0.372 e. The third kappa shape index (κ3) is 9.42. The van der Waals surface area contributed by atoms with Crippen LogP contribution in [-0.2, 0) is 16.1 Å². The molecule has 3 N–H and O–H groups in total. The number of benzene rings is 1. The van der Waals surface area contributed by atoms with Gasteiger partial charge in [-0.1, -0.05) is 12.1 Å². The van der Waals surface area contributed by atoms with Gasteiger partial charge < -0.3 is 25.6 Å². The molecule has 2 amide bonds. The van der Waals surface area contributed by atoms with E-state index < -0.39 is 0 Å². The normalized spacial score (nSPS) is 19.3. The van der Waals surface area contributed by atoms with Gasteiger partial charge in [0.15, 0.2) is 5.96 Å². The minimum Gasteiger partial charge on any atom is -0.372 e. The monoisotopic (exact) mass is 545 g/mol. The zero-order chi connectivity index (χ0) is 22.3. The summed E-state index contributed by atoms with van der Waals surface area (Å²) >= 11 is 0. The van der Waals surface area contributed by atoms with Crippen LogP contribution < -0.4 is 16.0 Å². The van der Waals surface area contributed by atoms with Gasteiger partial charge >= 0.3 is 0 Å². The second-order valence-corrected chi connectivity index (χ2v) is 8.74. The Morgan fingerprint density at radius 1 is 1.10 bits per heavy atom. The van der Waals surface area contributed by atoms with Gasteiger partial charge in [0.05, 0.1) is 18.8 Å². The van der Waals surface area contributed by atoms with E-state index in [1.54, 1.807) is 7.05 Å². The predicted octanol–water partition coefficient (Wildman–Crippen LogP) is 2.13. The van der Waals surface area contributed by atoms with Gasteiger partial charge in [-0.25, -0.2) is 0 Å². The number of morpholine rings is 1. The smallest absolute Gasteiger partial charge is 0.254 e. The molecule has 0 radical (unpaired) electrons. The van der Waals surface area contributed by atoms with Crippen LogP contribution in [0.2, 0.25) is 0 Å². The molecule has 2 unspecified atom stereocenters. The molecular formula is C22H36IN5O3. The quantitative estimate of drug-likeness (QED) is 0.300. The predicted molar refractivity (Wildman–Crippen MR) is 134 cm³/mol. The number of aliphatic imine (C=N–C) groups is 1. The zero-order valence-electron chi connectivity index (χ0n) is 19.3. The highest BCUT2D eigenvalue weighted by Crippen LogP contribution is 2.15. The van der Waals surface area contributed by atoms with Gasteiger partial charge in [0.1, 0.15) is 0 Å². The SMILES string of the molecule is CN=C(NCC(=O)NC(C)(C)C)NCc1ccc(C(=O)N2CC(C)OC(C)C2)cc1.I. The van der Waals surface area contributed by atoms with Crippen molar-refractivity contribution in [2.45, 2.75) is 58.9 Å². The summed E-state index contributed by atoms with van der Waals surface area (Å²) in [6.07, 6.45) is 0.0943. The fourth-order valence-corrected chi connectivity index (χ4v) is 3.32. The van der Waals surface area contributed by atoms with Crippen molar-refractivity contribution >= 4 is 41.8 Å². The Labute approximate surface area is 202 Å². The Balaban J connectivity index is 0.00000480. The van der Waals surface area contributed by atoms with Crippen LogP contribution in [0.3, 0.4) is 0 Å². The summed E-state index contributed by atoms with van der Waals surface area (Å²) in [4.78, 5) is 30.7. The molecule has 8 nitrogen and oxygen atoms in total. The Hall–Kier alpha value is -1.88. The number of carbonyl (C=O) groups excluding carboxylic acids is 2. The number of halogens is 1. The summed E-state index contributed by atoms with van der Waals surface area (Å²) in [7, 11) is 1.66. The number of nitrogens with one attached hydrogen (secondary N) is 3. The minimum atomic E-state index is -0.272.